The lowest BCUT2D eigenvalue weighted by atomic mass is 9.95. The van der Waals surface area contributed by atoms with Crippen molar-refractivity contribution in [1.82, 2.24) is 5.32 Å². The second-order valence-electron chi connectivity index (χ2n) is 6.85. The van der Waals surface area contributed by atoms with Crippen LogP contribution in [0.25, 0.3) is 6.08 Å². The summed E-state index contributed by atoms with van der Waals surface area (Å²) in [5.74, 6) is -0.188. The highest BCUT2D eigenvalue weighted by Crippen LogP contribution is 2.53. The van der Waals surface area contributed by atoms with Gasteiger partial charge in [0.15, 0.2) is 5.78 Å². The molecular weight excluding hydrogens is 310 g/mol. The van der Waals surface area contributed by atoms with Gasteiger partial charge in [-0.25, -0.2) is 0 Å². The molecule has 1 saturated carbocycles. The Morgan fingerprint density at radius 3 is 2.36 bits per heavy atom. The van der Waals surface area contributed by atoms with Crippen LogP contribution in [-0.2, 0) is 16.1 Å². The van der Waals surface area contributed by atoms with Crippen molar-refractivity contribution < 1.29 is 9.59 Å². The van der Waals surface area contributed by atoms with Gasteiger partial charge in [0.1, 0.15) is 5.41 Å². The van der Waals surface area contributed by atoms with E-state index in [1.165, 1.54) is 5.56 Å². The number of carbonyl (C=O) groups is 2. The first-order valence-corrected chi connectivity index (χ1v) is 8.64. The average molecular weight is 333 g/mol. The zero-order valence-corrected chi connectivity index (χ0v) is 14.7. The minimum Gasteiger partial charge on any atom is -0.351 e. The second kappa shape index (κ2) is 7.06. The number of hydrogen-bond acceptors (Lipinski definition) is 2. The van der Waals surface area contributed by atoms with Gasteiger partial charge in [-0.2, -0.15) is 0 Å². The summed E-state index contributed by atoms with van der Waals surface area (Å²) in [5.41, 5.74) is 2.28. The lowest BCUT2D eigenvalue weighted by Gasteiger charge is -2.14. The molecule has 2 unspecified atom stereocenters. The van der Waals surface area contributed by atoms with Gasteiger partial charge in [0.2, 0.25) is 5.91 Å². The van der Waals surface area contributed by atoms with E-state index < -0.39 is 5.41 Å². The molecule has 0 spiro atoms. The fourth-order valence-electron chi connectivity index (χ4n) is 3.13. The average Bonchev–Trinajstić information content (AvgIpc) is 3.32. The Morgan fingerprint density at radius 1 is 1.12 bits per heavy atom. The van der Waals surface area contributed by atoms with Gasteiger partial charge < -0.3 is 5.32 Å². The quantitative estimate of drug-likeness (QED) is 0.643. The lowest BCUT2D eigenvalue weighted by Crippen LogP contribution is -2.37. The highest BCUT2D eigenvalue weighted by atomic mass is 16.2. The number of benzene rings is 2. The van der Waals surface area contributed by atoms with Crippen LogP contribution in [0.15, 0.2) is 60.7 Å². The van der Waals surface area contributed by atoms with Crippen molar-refractivity contribution in [3.05, 3.63) is 77.4 Å². The third-order valence-corrected chi connectivity index (χ3v) is 4.95. The molecule has 2 aromatic carbocycles. The van der Waals surface area contributed by atoms with E-state index in [4.69, 9.17) is 0 Å². The van der Waals surface area contributed by atoms with Gasteiger partial charge in [-0.3, -0.25) is 9.59 Å². The zero-order chi connectivity index (χ0) is 17.9. The Kier molecular flexibility index (Phi) is 4.84. The van der Waals surface area contributed by atoms with Crippen LogP contribution < -0.4 is 5.32 Å². The molecule has 0 heterocycles. The summed E-state index contributed by atoms with van der Waals surface area (Å²) in [6.07, 6.45) is 3.96. The number of hydrogen-bond donors (Lipinski definition) is 1. The summed E-state index contributed by atoms with van der Waals surface area (Å²) < 4.78 is 0. The maximum absolute atomic E-state index is 12.7. The molecule has 3 nitrogen and oxygen atoms in total. The van der Waals surface area contributed by atoms with Crippen LogP contribution in [0.5, 0.6) is 0 Å². The van der Waals surface area contributed by atoms with Gasteiger partial charge in [-0.1, -0.05) is 73.2 Å². The first-order valence-electron chi connectivity index (χ1n) is 8.64. The van der Waals surface area contributed by atoms with E-state index in [1.807, 2.05) is 68.4 Å². The molecule has 2 aromatic rings. The number of allylic oxidation sites excluding steroid dienone is 1. The van der Waals surface area contributed by atoms with Crippen LogP contribution in [0.4, 0.5) is 0 Å². The monoisotopic (exact) mass is 333 g/mol. The van der Waals surface area contributed by atoms with E-state index in [-0.39, 0.29) is 17.6 Å². The van der Waals surface area contributed by atoms with Crippen LogP contribution in [0, 0.1) is 18.3 Å². The standard InChI is InChI=1S/C22H23NO2/c1-16-8-10-18(11-9-16)12-13-20(24)22(14-17(22)2)21(25)23-15-19-6-4-3-5-7-19/h3-13,17H,14-15H2,1-2H3,(H,23,25)/b13-12+. The first kappa shape index (κ1) is 17.2. The van der Waals surface area contributed by atoms with Gasteiger partial charge in [-0.15, -0.1) is 0 Å². The largest absolute Gasteiger partial charge is 0.351 e. The number of rotatable bonds is 6. The lowest BCUT2D eigenvalue weighted by molar-refractivity contribution is -0.134. The van der Waals surface area contributed by atoms with E-state index in [0.29, 0.717) is 13.0 Å². The molecule has 2 atom stereocenters. The van der Waals surface area contributed by atoms with E-state index in [0.717, 1.165) is 11.1 Å². The summed E-state index contributed by atoms with van der Waals surface area (Å²) in [6.45, 7) is 4.43. The Balaban J connectivity index is 1.66. The Bertz CT molecular complexity index is 793. The first-order chi connectivity index (χ1) is 12.0. The van der Waals surface area contributed by atoms with Crippen molar-refractivity contribution in [1.29, 1.82) is 0 Å². The summed E-state index contributed by atoms with van der Waals surface area (Å²) in [7, 11) is 0. The molecule has 1 amide bonds. The molecule has 1 aliphatic rings. The van der Waals surface area contributed by atoms with Crippen molar-refractivity contribution in [3.8, 4) is 0 Å². The fourth-order valence-corrected chi connectivity index (χ4v) is 3.13. The van der Waals surface area contributed by atoms with Crippen molar-refractivity contribution in [2.24, 2.45) is 11.3 Å². The Labute approximate surface area is 148 Å². The molecule has 0 radical (unpaired) electrons. The number of carbonyl (C=O) groups excluding carboxylic acids is 2. The van der Waals surface area contributed by atoms with Crippen molar-refractivity contribution in [3.63, 3.8) is 0 Å². The minimum atomic E-state index is -0.893. The van der Waals surface area contributed by atoms with E-state index in [2.05, 4.69) is 5.32 Å². The van der Waals surface area contributed by atoms with Crippen LogP contribution in [0.1, 0.15) is 30.0 Å². The predicted molar refractivity (Wildman–Crippen MR) is 99.7 cm³/mol. The van der Waals surface area contributed by atoms with Gasteiger partial charge in [0.25, 0.3) is 0 Å². The predicted octanol–water partition coefficient (Wildman–Crippen LogP) is 3.92. The molecule has 1 N–H and O–H groups in total. The van der Waals surface area contributed by atoms with E-state index in [9.17, 15) is 9.59 Å². The van der Waals surface area contributed by atoms with Gasteiger partial charge >= 0.3 is 0 Å². The number of ketones is 1. The minimum absolute atomic E-state index is 0.0819. The maximum Gasteiger partial charge on any atom is 0.234 e. The van der Waals surface area contributed by atoms with Crippen molar-refractivity contribution in [2.75, 3.05) is 0 Å². The third-order valence-electron chi connectivity index (χ3n) is 4.95. The third kappa shape index (κ3) is 3.71. The number of aryl methyl sites for hydroxylation is 1. The molecule has 0 aromatic heterocycles. The Hall–Kier alpha value is -2.68. The van der Waals surface area contributed by atoms with E-state index in [1.54, 1.807) is 12.2 Å². The molecule has 1 aliphatic carbocycles. The molecule has 0 aliphatic heterocycles. The zero-order valence-electron chi connectivity index (χ0n) is 14.7. The molecule has 1 fully saturated rings. The second-order valence-corrected chi connectivity index (χ2v) is 6.85. The maximum atomic E-state index is 12.7. The van der Waals surface area contributed by atoms with Gasteiger partial charge in [0.05, 0.1) is 0 Å². The topological polar surface area (TPSA) is 46.2 Å². The number of nitrogens with one attached hydrogen (secondary N) is 1. The van der Waals surface area contributed by atoms with Crippen LogP contribution in [0.2, 0.25) is 0 Å². The molecule has 0 saturated heterocycles. The number of amides is 1. The molecule has 0 bridgehead atoms. The summed E-state index contributed by atoms with van der Waals surface area (Å²) >= 11 is 0. The van der Waals surface area contributed by atoms with Crippen LogP contribution >= 0.6 is 0 Å². The summed E-state index contributed by atoms with van der Waals surface area (Å²) in [4.78, 5) is 25.3. The van der Waals surface area contributed by atoms with Crippen LogP contribution in [0.3, 0.4) is 0 Å². The summed E-state index contributed by atoms with van der Waals surface area (Å²) in [6, 6.07) is 17.7. The van der Waals surface area contributed by atoms with Crippen molar-refractivity contribution in [2.45, 2.75) is 26.8 Å². The fraction of sp³-hybridized carbons (Fsp3) is 0.273. The molecular formula is C22H23NO2. The smallest absolute Gasteiger partial charge is 0.234 e. The molecule has 128 valence electrons. The van der Waals surface area contributed by atoms with Gasteiger partial charge in [0, 0.05) is 6.54 Å². The Morgan fingerprint density at radius 2 is 1.76 bits per heavy atom. The highest BCUT2D eigenvalue weighted by molar-refractivity contribution is 6.15. The SMILES string of the molecule is Cc1ccc(/C=C/C(=O)C2(C(=O)NCc3ccccc3)CC2C)cc1. The molecule has 25 heavy (non-hydrogen) atoms. The van der Waals surface area contributed by atoms with Gasteiger partial charge in [-0.05, 0) is 36.5 Å². The van der Waals surface area contributed by atoms with E-state index >= 15 is 0 Å². The normalized spacial score (nSPS) is 21.9. The summed E-state index contributed by atoms with van der Waals surface area (Å²) in [5, 5.41) is 2.93. The molecule has 3 rings (SSSR count). The highest BCUT2D eigenvalue weighted by Gasteiger charge is 2.61. The van der Waals surface area contributed by atoms with Crippen molar-refractivity contribution >= 4 is 17.8 Å². The molecule has 3 heteroatoms. The van der Waals surface area contributed by atoms with Crippen LogP contribution in [-0.4, -0.2) is 11.7 Å².